The van der Waals surface area contributed by atoms with Gasteiger partial charge in [0.05, 0.1) is 25.0 Å². The largest absolute Gasteiger partial charge is 0.394 e. The van der Waals surface area contributed by atoms with E-state index in [2.05, 4.69) is 32.3 Å². The molecule has 0 aliphatic heterocycles. The van der Waals surface area contributed by atoms with Gasteiger partial charge in [0.2, 0.25) is 0 Å². The molecule has 0 saturated carbocycles. The van der Waals surface area contributed by atoms with Gasteiger partial charge in [0, 0.05) is 12.5 Å². The first-order valence-electron chi connectivity index (χ1n) is 5.16. The zero-order valence-corrected chi connectivity index (χ0v) is 11.1. The number of terminal acetylenes is 1. The molecule has 0 spiro atoms. The van der Waals surface area contributed by atoms with Crippen molar-refractivity contribution in [1.29, 1.82) is 0 Å². The van der Waals surface area contributed by atoms with E-state index in [0.29, 0.717) is 16.6 Å². The van der Waals surface area contributed by atoms with Crippen LogP contribution in [0.25, 0.3) is 0 Å². The first-order chi connectivity index (χ1) is 8.10. The van der Waals surface area contributed by atoms with Crippen molar-refractivity contribution < 1.29 is 5.11 Å². The number of nitrogens with one attached hydrogen (secondary N) is 1. The number of aliphatic hydroxyl groups is 1. The molecular weight excluding hydrogens is 286 g/mol. The average Bonchev–Trinajstić information content (AvgIpc) is 2.29. The summed E-state index contributed by atoms with van der Waals surface area (Å²) in [6, 6.07) is 0.0613. The van der Waals surface area contributed by atoms with Gasteiger partial charge in [0.1, 0.15) is 4.47 Å². The van der Waals surface area contributed by atoms with Crippen molar-refractivity contribution in [3.8, 4) is 12.3 Å². The van der Waals surface area contributed by atoms with Gasteiger partial charge in [-0.15, -0.1) is 12.3 Å². The van der Waals surface area contributed by atoms with Gasteiger partial charge in [-0.25, -0.2) is 4.68 Å². The van der Waals surface area contributed by atoms with Crippen LogP contribution in [0.3, 0.4) is 0 Å². The van der Waals surface area contributed by atoms with E-state index >= 15 is 0 Å². The van der Waals surface area contributed by atoms with Crippen LogP contribution >= 0.6 is 15.9 Å². The highest BCUT2D eigenvalue weighted by Crippen LogP contribution is 2.17. The number of nitrogens with zero attached hydrogens (tertiary/aromatic N) is 2. The number of rotatable bonds is 5. The van der Waals surface area contributed by atoms with Gasteiger partial charge in [-0.1, -0.05) is 0 Å². The number of aliphatic hydroxyl groups excluding tert-OH is 1. The smallest absolute Gasteiger partial charge is 0.283 e. The molecule has 1 unspecified atom stereocenters. The molecule has 1 heterocycles. The number of aromatic nitrogens is 2. The second kappa shape index (κ2) is 6.42. The molecule has 0 fully saturated rings. The molecule has 5 nitrogen and oxygen atoms in total. The van der Waals surface area contributed by atoms with Crippen molar-refractivity contribution in [2.24, 2.45) is 0 Å². The van der Waals surface area contributed by atoms with Crippen LogP contribution in [0.1, 0.15) is 13.3 Å². The molecule has 1 aromatic rings. The number of hydrogen-bond donors (Lipinski definition) is 2. The van der Waals surface area contributed by atoms with E-state index in [9.17, 15) is 4.79 Å². The summed E-state index contributed by atoms with van der Waals surface area (Å²) in [6.07, 6.45) is 7.30. The highest BCUT2D eigenvalue weighted by Gasteiger charge is 2.10. The summed E-state index contributed by atoms with van der Waals surface area (Å²) < 4.78 is 1.59. The third-order valence-electron chi connectivity index (χ3n) is 2.12. The summed E-state index contributed by atoms with van der Waals surface area (Å²) in [5.41, 5.74) is 0.323. The van der Waals surface area contributed by atoms with E-state index < -0.39 is 0 Å². The first kappa shape index (κ1) is 13.7. The number of anilines is 1. The van der Waals surface area contributed by atoms with Crippen LogP contribution in [0, 0.1) is 12.3 Å². The van der Waals surface area contributed by atoms with Crippen LogP contribution in [0.5, 0.6) is 0 Å². The maximum Gasteiger partial charge on any atom is 0.283 e. The lowest BCUT2D eigenvalue weighted by Gasteiger charge is -2.14. The van der Waals surface area contributed by atoms with Crippen molar-refractivity contribution >= 4 is 21.6 Å². The number of hydrogen-bond acceptors (Lipinski definition) is 4. The fourth-order valence-corrected chi connectivity index (χ4v) is 1.73. The van der Waals surface area contributed by atoms with Crippen molar-refractivity contribution in [3.05, 3.63) is 21.0 Å². The zero-order chi connectivity index (χ0) is 12.8. The quantitative estimate of drug-likeness (QED) is 0.790. The van der Waals surface area contributed by atoms with Crippen LogP contribution in [0.2, 0.25) is 0 Å². The Hall–Kier alpha value is -1.32. The molecule has 0 aliphatic carbocycles. The summed E-state index contributed by atoms with van der Waals surface area (Å²) >= 11 is 3.21. The minimum absolute atomic E-state index is 0.0613. The monoisotopic (exact) mass is 299 g/mol. The summed E-state index contributed by atoms with van der Waals surface area (Å²) in [5, 5.41) is 15.8. The highest BCUT2D eigenvalue weighted by atomic mass is 79.9. The van der Waals surface area contributed by atoms with E-state index in [1.54, 1.807) is 0 Å². The highest BCUT2D eigenvalue weighted by molar-refractivity contribution is 9.10. The normalized spacial score (nSPS) is 11.9. The van der Waals surface area contributed by atoms with Crippen LogP contribution in [0.4, 0.5) is 5.69 Å². The Labute approximate surface area is 108 Å². The Bertz CT molecular complexity index is 479. The second-order valence-corrected chi connectivity index (χ2v) is 4.37. The fraction of sp³-hybridized carbons (Fsp3) is 0.455. The lowest BCUT2D eigenvalue weighted by atomic mass is 10.2. The molecule has 0 amide bonds. The summed E-state index contributed by atoms with van der Waals surface area (Å²) in [6.45, 7) is 1.97. The van der Waals surface area contributed by atoms with Gasteiger partial charge in [-0.3, -0.25) is 4.79 Å². The molecule has 92 valence electrons. The Balaban J connectivity index is 2.93. The molecule has 6 heteroatoms. The zero-order valence-electron chi connectivity index (χ0n) is 9.48. The Morgan fingerprint density at radius 2 is 2.47 bits per heavy atom. The van der Waals surface area contributed by atoms with Gasteiger partial charge in [0.15, 0.2) is 0 Å². The average molecular weight is 300 g/mol. The maximum atomic E-state index is 11.8. The molecule has 2 N–H and O–H groups in total. The molecule has 1 rings (SSSR count). The van der Waals surface area contributed by atoms with Crippen LogP contribution < -0.4 is 10.9 Å². The van der Waals surface area contributed by atoms with Crippen LogP contribution in [-0.4, -0.2) is 27.5 Å². The van der Waals surface area contributed by atoms with Crippen LogP contribution in [0.15, 0.2) is 15.5 Å². The van der Waals surface area contributed by atoms with Gasteiger partial charge >= 0.3 is 0 Å². The van der Waals surface area contributed by atoms with Gasteiger partial charge in [-0.2, -0.15) is 5.10 Å². The predicted molar refractivity (Wildman–Crippen MR) is 69.8 cm³/mol. The van der Waals surface area contributed by atoms with E-state index in [-0.39, 0.29) is 24.8 Å². The second-order valence-electron chi connectivity index (χ2n) is 3.58. The SMILES string of the molecule is C#CCC(C)Nc1cnn(CCO)c(=O)c1Br. The molecule has 0 aliphatic rings. The van der Waals surface area contributed by atoms with Gasteiger partial charge in [-0.05, 0) is 22.9 Å². The van der Waals surface area contributed by atoms with Crippen molar-refractivity contribution in [2.75, 3.05) is 11.9 Å². The van der Waals surface area contributed by atoms with Gasteiger partial charge in [0.25, 0.3) is 5.56 Å². The standard InChI is InChI=1S/C11H14BrN3O2/c1-3-4-8(2)14-9-7-13-15(5-6-16)11(17)10(9)12/h1,7-8,14,16H,4-6H2,2H3. The molecule has 1 atom stereocenters. The predicted octanol–water partition coefficient (Wildman–Crippen LogP) is 0.822. The molecule has 1 aromatic heterocycles. The summed E-state index contributed by atoms with van der Waals surface area (Å²) in [5.74, 6) is 2.54. The minimum atomic E-state index is -0.281. The Kier molecular flexibility index (Phi) is 5.19. The Morgan fingerprint density at radius 1 is 1.76 bits per heavy atom. The minimum Gasteiger partial charge on any atom is -0.394 e. The molecule has 17 heavy (non-hydrogen) atoms. The summed E-state index contributed by atoms with van der Waals surface area (Å²) in [4.78, 5) is 11.8. The summed E-state index contributed by atoms with van der Waals surface area (Å²) in [7, 11) is 0. The van der Waals surface area contributed by atoms with E-state index in [1.165, 1.54) is 10.9 Å². The lowest BCUT2D eigenvalue weighted by Crippen LogP contribution is -2.27. The topological polar surface area (TPSA) is 67.2 Å². The van der Waals surface area contributed by atoms with Crippen molar-refractivity contribution in [2.45, 2.75) is 25.9 Å². The van der Waals surface area contributed by atoms with E-state index in [4.69, 9.17) is 11.5 Å². The van der Waals surface area contributed by atoms with E-state index in [1.807, 2.05) is 6.92 Å². The molecule has 0 aromatic carbocycles. The molecule has 0 saturated heterocycles. The third-order valence-corrected chi connectivity index (χ3v) is 2.89. The Morgan fingerprint density at radius 3 is 3.06 bits per heavy atom. The van der Waals surface area contributed by atoms with Crippen molar-refractivity contribution in [3.63, 3.8) is 0 Å². The molecule has 0 radical (unpaired) electrons. The molecule has 0 bridgehead atoms. The van der Waals surface area contributed by atoms with Crippen molar-refractivity contribution in [1.82, 2.24) is 9.78 Å². The van der Waals surface area contributed by atoms with E-state index in [0.717, 1.165) is 0 Å². The third kappa shape index (κ3) is 3.58. The van der Waals surface area contributed by atoms with Crippen LogP contribution in [-0.2, 0) is 6.54 Å². The maximum absolute atomic E-state index is 11.8. The fourth-order valence-electron chi connectivity index (χ4n) is 1.31. The molecular formula is C11H14BrN3O2. The lowest BCUT2D eigenvalue weighted by molar-refractivity contribution is 0.266. The van der Waals surface area contributed by atoms with Gasteiger partial charge < -0.3 is 10.4 Å². The number of halogens is 1. The first-order valence-corrected chi connectivity index (χ1v) is 5.96.